The number of imidazole rings is 1. The Morgan fingerprint density at radius 2 is 1.53 bits per heavy atom. The molecule has 4 rings (SSSR count). The maximum Gasteiger partial charge on any atom is 0.157 e. The normalized spacial score (nSPS) is 11.1. The molecule has 0 aliphatic carbocycles. The van der Waals surface area contributed by atoms with Gasteiger partial charge in [0, 0.05) is 25.4 Å². The van der Waals surface area contributed by atoms with E-state index in [2.05, 4.69) is 53.4 Å². The average molecular weight is 402 g/mol. The number of rotatable bonds is 8. The first kappa shape index (κ1) is 19.9. The van der Waals surface area contributed by atoms with E-state index in [0.29, 0.717) is 19.0 Å². The number of aryl methyl sites for hydroxylation is 1. The molecule has 30 heavy (non-hydrogen) atoms. The second kappa shape index (κ2) is 8.97. The number of nitrogen functional groups attached to an aromatic ring is 1. The molecule has 2 aromatic heterocycles. The van der Waals surface area contributed by atoms with Crippen molar-refractivity contribution in [1.82, 2.24) is 14.6 Å². The predicted octanol–water partition coefficient (Wildman–Crippen LogP) is 4.20. The van der Waals surface area contributed by atoms with Gasteiger partial charge in [-0.2, -0.15) is 0 Å². The van der Waals surface area contributed by atoms with Gasteiger partial charge < -0.3 is 15.5 Å². The van der Waals surface area contributed by atoms with Crippen molar-refractivity contribution in [3.05, 3.63) is 89.4 Å². The highest BCUT2D eigenvalue weighted by Gasteiger charge is 2.19. The van der Waals surface area contributed by atoms with Gasteiger partial charge in [0.25, 0.3) is 0 Å². The van der Waals surface area contributed by atoms with E-state index < -0.39 is 0 Å². The second-order valence-corrected chi connectivity index (χ2v) is 7.32. The number of anilines is 1. The topological polar surface area (TPSA) is 69.2 Å². The minimum atomic E-state index is 0.373. The van der Waals surface area contributed by atoms with E-state index in [4.69, 9.17) is 20.5 Å². The van der Waals surface area contributed by atoms with Crippen LogP contribution in [-0.2, 0) is 24.4 Å². The summed E-state index contributed by atoms with van der Waals surface area (Å²) in [4.78, 5) is 11.9. The molecule has 0 aliphatic rings. The molecule has 0 spiro atoms. The van der Waals surface area contributed by atoms with Gasteiger partial charge in [-0.1, -0.05) is 60.7 Å². The van der Waals surface area contributed by atoms with Crippen LogP contribution in [0.4, 0.5) is 5.82 Å². The monoisotopic (exact) mass is 401 g/mol. The van der Waals surface area contributed by atoms with Crippen molar-refractivity contribution in [2.75, 3.05) is 17.3 Å². The van der Waals surface area contributed by atoms with Crippen molar-refractivity contribution in [2.45, 2.75) is 33.5 Å². The van der Waals surface area contributed by atoms with Crippen molar-refractivity contribution in [3.63, 3.8) is 0 Å². The Balaban J connectivity index is 1.80. The van der Waals surface area contributed by atoms with Crippen molar-refractivity contribution in [2.24, 2.45) is 0 Å². The van der Waals surface area contributed by atoms with Gasteiger partial charge in [-0.15, -0.1) is 0 Å². The van der Waals surface area contributed by atoms with E-state index in [-0.39, 0.29) is 0 Å². The number of hydrogen-bond acceptors (Lipinski definition) is 5. The Bertz CT molecular complexity index is 1070. The molecule has 6 heteroatoms. The van der Waals surface area contributed by atoms with E-state index in [1.165, 1.54) is 11.1 Å². The van der Waals surface area contributed by atoms with Crippen molar-refractivity contribution < 1.29 is 4.74 Å². The highest BCUT2D eigenvalue weighted by Crippen LogP contribution is 2.28. The maximum absolute atomic E-state index is 6.35. The van der Waals surface area contributed by atoms with Gasteiger partial charge in [-0.05, 0) is 31.0 Å². The Kier molecular flexibility index (Phi) is 5.95. The molecule has 6 nitrogen and oxygen atoms in total. The minimum Gasteiger partial charge on any atom is -0.374 e. The quantitative estimate of drug-likeness (QED) is 0.448. The average Bonchev–Trinajstić information content (AvgIpc) is 3.08. The third kappa shape index (κ3) is 4.28. The molecular weight excluding hydrogens is 374 g/mol. The summed E-state index contributed by atoms with van der Waals surface area (Å²) in [6.07, 6.45) is 0. The Labute approximate surface area is 176 Å². The molecule has 0 aliphatic heterocycles. The molecule has 0 amide bonds. The van der Waals surface area contributed by atoms with Crippen molar-refractivity contribution in [1.29, 1.82) is 0 Å². The number of fused-ring (bicyclic) bond motifs is 1. The lowest BCUT2D eigenvalue weighted by Crippen LogP contribution is -2.24. The largest absolute Gasteiger partial charge is 0.374 e. The zero-order valence-electron chi connectivity index (χ0n) is 17.5. The van der Waals surface area contributed by atoms with E-state index in [1.807, 2.05) is 32.0 Å². The first-order valence-corrected chi connectivity index (χ1v) is 10.2. The first-order chi connectivity index (χ1) is 14.7. The molecule has 0 unspecified atom stereocenters. The predicted molar refractivity (Wildman–Crippen MR) is 121 cm³/mol. The molecule has 4 aromatic rings. The highest BCUT2D eigenvalue weighted by atomic mass is 16.5. The van der Waals surface area contributed by atoms with Gasteiger partial charge in [-0.3, -0.25) is 0 Å². The molecule has 0 fully saturated rings. The summed E-state index contributed by atoms with van der Waals surface area (Å²) in [5, 5.41) is 0. The lowest BCUT2D eigenvalue weighted by molar-refractivity contribution is 0.127. The summed E-state index contributed by atoms with van der Waals surface area (Å²) >= 11 is 0. The highest BCUT2D eigenvalue weighted by molar-refractivity contribution is 5.87. The van der Waals surface area contributed by atoms with Crippen molar-refractivity contribution >= 4 is 16.9 Å². The fraction of sp³-hybridized carbons (Fsp3) is 0.250. The van der Waals surface area contributed by atoms with Crippen molar-refractivity contribution in [3.8, 4) is 0 Å². The molecule has 0 bridgehead atoms. The minimum absolute atomic E-state index is 0.373. The molecular formula is C24H27N5O. The Hall–Kier alpha value is -3.38. The van der Waals surface area contributed by atoms with Gasteiger partial charge in [-0.25, -0.2) is 14.6 Å². The second-order valence-electron chi connectivity index (χ2n) is 7.32. The van der Waals surface area contributed by atoms with E-state index >= 15 is 0 Å². The fourth-order valence-electron chi connectivity index (χ4n) is 3.57. The smallest absolute Gasteiger partial charge is 0.157 e. The van der Waals surface area contributed by atoms with Crippen LogP contribution in [0.5, 0.6) is 0 Å². The molecule has 0 atom stereocenters. The standard InChI is InChI=1S/C24H27N5O/c1-3-30-17-22-27-23-21(29(22)25)14-18(2)26-24(23)28(15-19-10-6-4-7-11-19)16-20-12-8-5-9-13-20/h4-14H,3,15-17,25H2,1-2H3. The number of hydrogen-bond donors (Lipinski definition) is 1. The number of benzene rings is 2. The molecule has 2 heterocycles. The zero-order valence-corrected chi connectivity index (χ0v) is 17.5. The van der Waals surface area contributed by atoms with Crippen LogP contribution in [0.1, 0.15) is 29.6 Å². The van der Waals surface area contributed by atoms with Gasteiger partial charge in [0.15, 0.2) is 11.6 Å². The van der Waals surface area contributed by atoms with Crippen LogP contribution in [0.2, 0.25) is 0 Å². The molecule has 154 valence electrons. The summed E-state index contributed by atoms with van der Waals surface area (Å²) < 4.78 is 7.17. The summed E-state index contributed by atoms with van der Waals surface area (Å²) in [6.45, 7) is 6.38. The number of nitrogens with two attached hydrogens (primary N) is 1. The van der Waals surface area contributed by atoms with Gasteiger partial charge in [0.2, 0.25) is 0 Å². The Morgan fingerprint density at radius 3 is 2.10 bits per heavy atom. The van der Waals surface area contributed by atoms with E-state index in [9.17, 15) is 0 Å². The molecule has 0 radical (unpaired) electrons. The van der Waals surface area contributed by atoms with Gasteiger partial charge in [0.1, 0.15) is 12.1 Å². The number of pyridine rings is 1. The Morgan fingerprint density at radius 1 is 0.933 bits per heavy atom. The van der Waals surface area contributed by atoms with Crippen LogP contribution in [0, 0.1) is 6.92 Å². The van der Waals surface area contributed by atoms with Crippen LogP contribution in [0.3, 0.4) is 0 Å². The number of aromatic nitrogens is 3. The third-order valence-electron chi connectivity index (χ3n) is 5.03. The number of nitrogens with zero attached hydrogens (tertiary/aromatic N) is 4. The molecule has 2 aromatic carbocycles. The van der Waals surface area contributed by atoms with Crippen LogP contribution >= 0.6 is 0 Å². The molecule has 0 saturated carbocycles. The fourth-order valence-corrected chi connectivity index (χ4v) is 3.57. The SMILES string of the molecule is CCOCc1nc2c(N(Cc3ccccc3)Cc3ccccc3)nc(C)cc2n1N. The summed E-state index contributed by atoms with van der Waals surface area (Å²) in [7, 11) is 0. The van der Waals surface area contributed by atoms with Crippen LogP contribution in [0.15, 0.2) is 66.7 Å². The van der Waals surface area contributed by atoms with Gasteiger partial charge >= 0.3 is 0 Å². The molecule has 0 saturated heterocycles. The van der Waals surface area contributed by atoms with Crippen LogP contribution in [-0.4, -0.2) is 21.3 Å². The van der Waals surface area contributed by atoms with E-state index in [0.717, 1.165) is 35.6 Å². The maximum atomic E-state index is 6.35. The zero-order chi connectivity index (χ0) is 20.9. The van der Waals surface area contributed by atoms with Crippen LogP contribution in [0.25, 0.3) is 11.0 Å². The summed E-state index contributed by atoms with van der Waals surface area (Å²) in [6, 6.07) is 22.8. The lowest BCUT2D eigenvalue weighted by Gasteiger charge is -2.25. The lowest BCUT2D eigenvalue weighted by atomic mass is 10.1. The van der Waals surface area contributed by atoms with E-state index in [1.54, 1.807) is 4.68 Å². The number of ether oxygens (including phenoxy) is 1. The molecule has 2 N–H and O–H groups in total. The summed E-state index contributed by atoms with van der Waals surface area (Å²) in [5.41, 5.74) is 4.99. The van der Waals surface area contributed by atoms with Crippen LogP contribution < -0.4 is 10.7 Å². The first-order valence-electron chi connectivity index (χ1n) is 10.2. The third-order valence-corrected chi connectivity index (χ3v) is 5.03. The van der Waals surface area contributed by atoms with Gasteiger partial charge in [0.05, 0.1) is 5.52 Å². The summed E-state index contributed by atoms with van der Waals surface area (Å²) in [5.74, 6) is 7.88.